The number of benzene rings is 3. The van der Waals surface area contributed by atoms with Crippen molar-refractivity contribution in [1.29, 1.82) is 0 Å². The van der Waals surface area contributed by atoms with E-state index in [1.165, 1.54) is 10.6 Å². The number of aliphatic hydroxyl groups is 1. The third-order valence-corrected chi connectivity index (χ3v) is 13.7. The average molecular weight is 880 g/mol. The number of cyclic esters (lactones) is 1. The molecule has 0 bridgehead atoms. The topological polar surface area (TPSA) is 207 Å². The summed E-state index contributed by atoms with van der Waals surface area (Å²) in [5, 5.41) is 40.3. The molecule has 7 aromatic rings. The van der Waals surface area contributed by atoms with Crippen molar-refractivity contribution in [2.45, 2.75) is 90.5 Å². The Morgan fingerprint density at radius 1 is 0.954 bits per heavy atom. The number of nitrogens with zero attached hydrogens (tertiary/aromatic N) is 6. The molecule has 334 valence electrons. The van der Waals surface area contributed by atoms with Gasteiger partial charge in [-0.1, -0.05) is 27.7 Å². The highest BCUT2D eigenvalue weighted by Gasteiger charge is 2.47. The van der Waals surface area contributed by atoms with Crippen LogP contribution in [0, 0.1) is 5.92 Å². The van der Waals surface area contributed by atoms with E-state index in [1.54, 1.807) is 39.8 Å². The van der Waals surface area contributed by atoms with E-state index in [4.69, 9.17) is 14.5 Å². The van der Waals surface area contributed by atoms with Crippen molar-refractivity contribution in [3.05, 3.63) is 116 Å². The van der Waals surface area contributed by atoms with Crippen molar-refractivity contribution in [3.8, 4) is 45.7 Å². The number of carbonyl (C=O) groups excluding carboxylic acids is 2. The molecule has 4 aromatic heterocycles. The predicted molar refractivity (Wildman–Crippen MR) is 241 cm³/mol. The van der Waals surface area contributed by atoms with Crippen molar-refractivity contribution < 1.29 is 34.4 Å². The van der Waals surface area contributed by atoms with Crippen LogP contribution in [0.15, 0.2) is 82.5 Å². The minimum absolute atomic E-state index is 0.0184. The van der Waals surface area contributed by atoms with Gasteiger partial charge in [-0.2, -0.15) is 5.10 Å². The maximum Gasteiger partial charge on any atom is 0.415 e. The highest BCUT2D eigenvalue weighted by atomic mass is 16.6. The average Bonchev–Trinajstić information content (AvgIpc) is 4.00. The number of aryl methyl sites for hydroxylation is 1. The minimum atomic E-state index is -1.56. The number of amides is 1. The monoisotopic (exact) mass is 879 g/mol. The van der Waals surface area contributed by atoms with E-state index in [2.05, 4.69) is 14.8 Å². The maximum atomic E-state index is 14.0. The van der Waals surface area contributed by atoms with Crippen LogP contribution in [0.5, 0.6) is 17.2 Å². The molecule has 1 atom stereocenters. The van der Waals surface area contributed by atoms with Crippen LogP contribution in [0.1, 0.15) is 94.1 Å². The van der Waals surface area contributed by atoms with Crippen LogP contribution in [-0.4, -0.2) is 74.3 Å². The smallest absolute Gasteiger partial charge is 0.415 e. The van der Waals surface area contributed by atoms with Gasteiger partial charge in [-0.3, -0.25) is 4.79 Å². The summed E-state index contributed by atoms with van der Waals surface area (Å²) >= 11 is 0. The summed E-state index contributed by atoms with van der Waals surface area (Å²) in [5.41, 5.74) is 3.85. The molecular weight excluding hydrogens is 831 g/mol. The van der Waals surface area contributed by atoms with E-state index in [0.717, 1.165) is 47.7 Å². The Morgan fingerprint density at radius 2 is 1.74 bits per heavy atom. The number of likely N-dealkylation sites (tertiary alicyclic amines) is 1. The second-order valence-electron chi connectivity index (χ2n) is 17.7. The van der Waals surface area contributed by atoms with Crippen LogP contribution < -0.4 is 16.0 Å². The highest BCUT2D eigenvalue weighted by Crippen LogP contribution is 2.44. The quantitative estimate of drug-likeness (QED) is 0.105. The van der Waals surface area contributed by atoms with E-state index in [1.807, 2.05) is 64.2 Å². The molecule has 1 fully saturated rings. The Hall–Kier alpha value is -7.20. The lowest BCUT2D eigenvalue weighted by molar-refractivity contribution is -0.177. The van der Waals surface area contributed by atoms with Gasteiger partial charge in [0.05, 0.1) is 40.3 Å². The highest BCUT2D eigenvalue weighted by molar-refractivity contribution is 5.87. The normalized spacial score (nSPS) is 16.8. The molecule has 3 aliphatic rings. The van der Waals surface area contributed by atoms with E-state index < -0.39 is 29.5 Å². The van der Waals surface area contributed by atoms with Gasteiger partial charge in [-0.15, -0.1) is 0 Å². The second kappa shape index (κ2) is 15.8. The summed E-state index contributed by atoms with van der Waals surface area (Å²) in [6.45, 7) is 9.76. The van der Waals surface area contributed by atoms with E-state index in [-0.39, 0.29) is 40.9 Å². The molecule has 7 heterocycles. The number of aromatic nitrogens is 6. The number of phenolic OH excluding ortho intramolecular Hbond substituents is 2. The first-order valence-corrected chi connectivity index (χ1v) is 22.2. The first kappa shape index (κ1) is 41.8. The number of aromatic amines is 1. The maximum absolute atomic E-state index is 14.0. The number of esters is 1. The van der Waals surface area contributed by atoms with Crippen LogP contribution in [0.2, 0.25) is 0 Å². The number of aromatic hydroxyl groups is 2. The molecule has 3 aliphatic heterocycles. The zero-order valence-corrected chi connectivity index (χ0v) is 36.5. The van der Waals surface area contributed by atoms with Crippen LogP contribution in [-0.2, 0) is 28.2 Å². The minimum Gasteiger partial charge on any atom is -0.508 e. The number of nitrogens with one attached hydrogen (secondary N) is 1. The van der Waals surface area contributed by atoms with Gasteiger partial charge >= 0.3 is 17.8 Å². The SMILES string of the molecule is CCC1(CC)OC(=O)C(O)c2cc3n(c(=O)c21)Cc1cc2cc(OC(=O)N4CCC(CCn5ccc6cc(-n7c(-c8cc(C(C)C)c(O)cc8O)n[nH]c7=O)ccc65)CC4)ccc2nc1-3. The van der Waals surface area contributed by atoms with Gasteiger partial charge in [0, 0.05) is 59.3 Å². The third-order valence-electron chi connectivity index (χ3n) is 13.7. The molecule has 0 radical (unpaired) electrons. The number of fused-ring (bicyclic) bond motifs is 6. The van der Waals surface area contributed by atoms with E-state index in [9.17, 15) is 34.5 Å². The zero-order valence-electron chi connectivity index (χ0n) is 36.5. The van der Waals surface area contributed by atoms with Crippen molar-refractivity contribution in [2.75, 3.05) is 13.1 Å². The van der Waals surface area contributed by atoms with Crippen molar-refractivity contribution in [2.24, 2.45) is 5.92 Å². The summed E-state index contributed by atoms with van der Waals surface area (Å²) in [6, 6.07) is 19.6. The molecule has 16 nitrogen and oxygen atoms in total. The van der Waals surface area contributed by atoms with Crippen molar-refractivity contribution in [3.63, 3.8) is 0 Å². The summed E-state index contributed by atoms with van der Waals surface area (Å²) in [5.74, 6) is 0.0464. The zero-order chi connectivity index (χ0) is 45.5. The molecule has 4 N–H and O–H groups in total. The summed E-state index contributed by atoms with van der Waals surface area (Å²) < 4.78 is 16.8. The Kier molecular flexibility index (Phi) is 10.2. The molecule has 0 saturated carbocycles. The molecule has 16 heteroatoms. The van der Waals surface area contributed by atoms with Gasteiger partial charge in [-0.05, 0) is 110 Å². The molecule has 10 rings (SSSR count). The summed E-state index contributed by atoms with van der Waals surface area (Å²) in [7, 11) is 0. The van der Waals surface area contributed by atoms with E-state index >= 15 is 0 Å². The van der Waals surface area contributed by atoms with Gasteiger partial charge in [0.1, 0.15) is 22.8 Å². The largest absolute Gasteiger partial charge is 0.508 e. The number of H-pyrrole nitrogens is 1. The Balaban J connectivity index is 0.780. The van der Waals surface area contributed by atoms with E-state index in [0.29, 0.717) is 76.9 Å². The molecule has 0 aliphatic carbocycles. The molecule has 3 aromatic carbocycles. The number of pyridine rings is 2. The number of aliphatic hydroxyl groups excluding tert-OH is 1. The first-order chi connectivity index (χ1) is 31.3. The van der Waals surface area contributed by atoms with Gasteiger partial charge in [0.25, 0.3) is 5.56 Å². The van der Waals surface area contributed by atoms with Gasteiger partial charge in [0.15, 0.2) is 11.9 Å². The summed E-state index contributed by atoms with van der Waals surface area (Å²) in [4.78, 5) is 59.8. The third kappa shape index (κ3) is 6.94. The standard InChI is InChI=1S/C49H49N7O9/c1-5-49(6-2)41-35(43(59)46(61)65-49)23-38-42-30(25-55(38)45(41)60)19-29-21-32(8-9-36(29)50-42)64-48(63)54-16-12-27(13-17-54)11-15-53-18-14-28-20-31(7-10-37(28)53)56-44(51-52-47(56)62)34-22-33(26(3)4)39(57)24-40(34)58/h7-10,14,18-24,26-27,43,57-59H,5-6,11-13,15-17,25H2,1-4H3,(H,52,62). The number of piperidine rings is 1. The van der Waals surface area contributed by atoms with Crippen LogP contribution in [0.25, 0.3) is 50.3 Å². The fourth-order valence-electron chi connectivity index (χ4n) is 10.0. The molecule has 1 unspecified atom stereocenters. The Bertz CT molecular complexity index is 3200. The number of ether oxygens (including phenoxy) is 2. The fraction of sp³-hybridized carbons (Fsp3) is 0.347. The van der Waals surface area contributed by atoms with Crippen LogP contribution in [0.3, 0.4) is 0 Å². The predicted octanol–water partition coefficient (Wildman–Crippen LogP) is 7.36. The first-order valence-electron chi connectivity index (χ1n) is 22.2. The Labute approximate surface area is 372 Å². The molecule has 0 spiro atoms. The number of rotatable bonds is 9. The Morgan fingerprint density at radius 3 is 2.49 bits per heavy atom. The van der Waals surface area contributed by atoms with Gasteiger partial charge < -0.3 is 38.8 Å². The second-order valence-corrected chi connectivity index (χ2v) is 17.7. The number of phenols is 2. The fourth-order valence-corrected chi connectivity index (χ4v) is 10.0. The van der Waals surface area contributed by atoms with Crippen molar-refractivity contribution >= 4 is 33.9 Å². The lowest BCUT2D eigenvalue weighted by Crippen LogP contribution is -2.45. The van der Waals surface area contributed by atoms with Crippen LogP contribution in [0.4, 0.5) is 4.79 Å². The number of carbonyl (C=O) groups is 2. The van der Waals surface area contributed by atoms with Gasteiger partial charge in [0.2, 0.25) is 0 Å². The van der Waals surface area contributed by atoms with Gasteiger partial charge in [-0.25, -0.2) is 29.0 Å². The molecular formula is C49H49N7O9. The molecule has 1 amide bonds. The number of hydrogen-bond acceptors (Lipinski definition) is 11. The summed E-state index contributed by atoms with van der Waals surface area (Å²) in [6.07, 6.45) is 3.44. The molecule has 1 saturated heterocycles. The van der Waals surface area contributed by atoms with Crippen LogP contribution >= 0.6 is 0 Å². The lowest BCUT2D eigenvalue weighted by atomic mass is 9.82. The molecule has 65 heavy (non-hydrogen) atoms. The van der Waals surface area contributed by atoms with Crippen molar-refractivity contribution in [1.82, 2.24) is 33.8 Å². The lowest BCUT2D eigenvalue weighted by Gasteiger charge is -2.38. The number of hydrogen-bond donors (Lipinski definition) is 4.